The van der Waals surface area contributed by atoms with Crippen LogP contribution in [0.15, 0.2) is 29.5 Å². The Balaban J connectivity index is 0.000000593. The molecule has 2 N–H and O–H groups in total. The van der Waals surface area contributed by atoms with E-state index in [1.165, 1.54) is 11.8 Å². The summed E-state index contributed by atoms with van der Waals surface area (Å²) in [7, 11) is 0. The number of nitrogen functional groups attached to an aromatic ring is 1. The van der Waals surface area contributed by atoms with Gasteiger partial charge in [0.2, 0.25) is 0 Å². The molecular formula is C18H19N3OS. The van der Waals surface area contributed by atoms with Crippen molar-refractivity contribution >= 4 is 17.4 Å². The zero-order chi connectivity index (χ0) is 17.6. The molecule has 0 saturated carbocycles. The number of anilines is 1. The first kappa shape index (κ1) is 18.7. The van der Waals surface area contributed by atoms with Crippen molar-refractivity contribution in [2.75, 3.05) is 12.0 Å². The fourth-order valence-corrected chi connectivity index (χ4v) is 3.19. The van der Waals surface area contributed by atoms with E-state index >= 15 is 0 Å². The Morgan fingerprint density at radius 2 is 1.70 bits per heavy atom. The van der Waals surface area contributed by atoms with Gasteiger partial charge < -0.3 is 10.5 Å². The van der Waals surface area contributed by atoms with E-state index in [0.29, 0.717) is 29.8 Å². The zero-order valence-corrected chi connectivity index (χ0v) is 14.4. The monoisotopic (exact) mass is 325 g/mol. The highest BCUT2D eigenvalue weighted by atomic mass is 32.2. The third-order valence-electron chi connectivity index (χ3n) is 3.47. The molecule has 118 valence electrons. The Kier molecular flexibility index (Phi) is 6.28. The normalized spacial score (nSPS) is 14.0. The molecule has 0 unspecified atom stereocenters. The Hall–Kier alpha value is -2.39. The molecule has 0 aliphatic carbocycles. The molecule has 0 amide bonds. The lowest BCUT2D eigenvalue weighted by Gasteiger charge is -2.34. The first-order valence-corrected chi connectivity index (χ1v) is 8.08. The minimum atomic E-state index is -0.311. The quantitative estimate of drug-likeness (QED) is 0.483. The van der Waals surface area contributed by atoms with Crippen molar-refractivity contribution in [2.24, 2.45) is 0 Å². The summed E-state index contributed by atoms with van der Waals surface area (Å²) in [6.07, 6.45) is 2.54. The minimum absolute atomic E-state index is 0.297. The first-order valence-electron chi connectivity index (χ1n) is 6.86. The number of hydrogen-bond acceptors (Lipinski definition) is 5. The number of thioether (sulfide) groups is 1. The van der Waals surface area contributed by atoms with Gasteiger partial charge in [-0.2, -0.15) is 10.5 Å². The predicted molar refractivity (Wildman–Crippen MR) is 92.9 cm³/mol. The van der Waals surface area contributed by atoms with Crippen molar-refractivity contribution in [3.8, 4) is 12.1 Å². The van der Waals surface area contributed by atoms with Crippen LogP contribution in [0.3, 0.4) is 0 Å². The summed E-state index contributed by atoms with van der Waals surface area (Å²) in [4.78, 5) is 0.838. The number of hydrogen-bond donors (Lipinski definition) is 1. The van der Waals surface area contributed by atoms with E-state index in [1.807, 2.05) is 20.1 Å². The molecule has 4 nitrogen and oxygen atoms in total. The number of rotatable bonds is 1. The average Bonchev–Trinajstić information content (AvgIpc) is 2.53. The summed E-state index contributed by atoms with van der Waals surface area (Å²) < 4.78 is 5.80. The maximum Gasteiger partial charge on any atom is 0.103 e. The van der Waals surface area contributed by atoms with Gasteiger partial charge >= 0.3 is 0 Å². The van der Waals surface area contributed by atoms with Crippen LogP contribution in [0.4, 0.5) is 5.69 Å². The van der Waals surface area contributed by atoms with Gasteiger partial charge in [0, 0.05) is 11.3 Å². The molecule has 0 aromatic heterocycles. The van der Waals surface area contributed by atoms with Gasteiger partial charge in [0.15, 0.2) is 0 Å². The van der Waals surface area contributed by atoms with Gasteiger partial charge in [-0.05, 0) is 44.4 Å². The lowest BCUT2D eigenvalue weighted by Crippen LogP contribution is -2.33. The van der Waals surface area contributed by atoms with Crippen molar-refractivity contribution in [3.05, 3.63) is 46.9 Å². The number of ether oxygens (including phenoxy) is 1. The van der Waals surface area contributed by atoms with Gasteiger partial charge in [0.05, 0.1) is 29.0 Å². The molecule has 0 bridgehead atoms. The van der Waals surface area contributed by atoms with Crippen LogP contribution in [0.25, 0.3) is 0 Å². The van der Waals surface area contributed by atoms with Gasteiger partial charge in [-0.1, -0.05) is 11.5 Å². The van der Waals surface area contributed by atoms with Gasteiger partial charge in [-0.25, -0.2) is 0 Å². The lowest BCUT2D eigenvalue weighted by molar-refractivity contribution is -0.0413. The number of fused-ring (bicyclic) bond motifs is 1. The number of nitrogens with zero attached hydrogens (tertiary/aromatic N) is 2. The summed E-state index contributed by atoms with van der Waals surface area (Å²) in [6.45, 7) is 10.8. The van der Waals surface area contributed by atoms with E-state index in [1.54, 1.807) is 0 Å². The molecule has 1 aliphatic heterocycles. The molecule has 0 saturated heterocycles. The molecule has 5 heteroatoms. The Bertz CT molecular complexity index is 761. The summed E-state index contributed by atoms with van der Waals surface area (Å²) >= 11 is 1.48. The van der Waals surface area contributed by atoms with E-state index in [9.17, 15) is 10.5 Å². The van der Waals surface area contributed by atoms with Crippen LogP contribution in [0, 0.1) is 22.7 Å². The van der Waals surface area contributed by atoms with Crippen molar-refractivity contribution in [1.29, 1.82) is 10.5 Å². The van der Waals surface area contributed by atoms with E-state index in [4.69, 9.17) is 10.5 Å². The van der Waals surface area contributed by atoms with Gasteiger partial charge in [0.25, 0.3) is 0 Å². The highest BCUT2D eigenvalue weighted by Gasteiger charge is 2.32. The van der Waals surface area contributed by atoms with Gasteiger partial charge in [-0.15, -0.1) is 11.8 Å². The van der Waals surface area contributed by atoms with Crippen molar-refractivity contribution in [2.45, 2.75) is 37.4 Å². The maximum absolute atomic E-state index is 9.34. The second-order valence-electron chi connectivity index (χ2n) is 5.46. The SMILES string of the molecule is C=C=C=C.CSc1c(C#N)c(N)c(C#N)c2c1COC(C)(C)C2. The lowest BCUT2D eigenvalue weighted by atomic mass is 9.86. The highest BCUT2D eigenvalue weighted by Crippen LogP contribution is 2.40. The molecule has 0 atom stereocenters. The van der Waals surface area contributed by atoms with Crippen molar-refractivity contribution in [1.82, 2.24) is 0 Å². The van der Waals surface area contributed by atoms with Crippen LogP contribution in [0.5, 0.6) is 0 Å². The Morgan fingerprint density at radius 1 is 1.13 bits per heavy atom. The number of nitriles is 2. The second-order valence-corrected chi connectivity index (χ2v) is 6.27. The summed E-state index contributed by atoms with van der Waals surface area (Å²) in [5.41, 5.74) is 13.3. The fraction of sp³-hybridized carbons (Fsp3) is 0.333. The standard InChI is InChI=1S/C14H15N3OS.C4H4/c1-14(2)4-8-9(5-15)12(17)10(6-16)13(19-3)11(8)7-18-14;1-3-4-2/h4,7,17H2,1-3H3;1-2H2. The van der Waals surface area contributed by atoms with E-state index in [0.717, 1.165) is 16.0 Å². The predicted octanol–water partition coefficient (Wildman–Crippen LogP) is 3.70. The zero-order valence-electron chi connectivity index (χ0n) is 13.6. The molecule has 1 aliphatic rings. The van der Waals surface area contributed by atoms with Gasteiger partial charge in [-0.3, -0.25) is 0 Å². The molecule has 2 rings (SSSR count). The van der Waals surface area contributed by atoms with E-state index < -0.39 is 0 Å². The van der Waals surface area contributed by atoms with Crippen molar-refractivity contribution < 1.29 is 4.74 Å². The van der Waals surface area contributed by atoms with Crippen molar-refractivity contribution in [3.63, 3.8) is 0 Å². The fourth-order valence-electron chi connectivity index (χ4n) is 2.40. The third kappa shape index (κ3) is 3.88. The van der Waals surface area contributed by atoms with Crippen LogP contribution in [0.1, 0.15) is 36.1 Å². The highest BCUT2D eigenvalue weighted by molar-refractivity contribution is 7.98. The summed E-state index contributed by atoms with van der Waals surface area (Å²) in [5.74, 6) is 0. The van der Waals surface area contributed by atoms with Gasteiger partial charge in [0.1, 0.15) is 12.1 Å². The molecule has 0 fully saturated rings. The molecular weight excluding hydrogens is 306 g/mol. The molecule has 0 spiro atoms. The molecule has 1 aromatic carbocycles. The van der Waals surface area contributed by atoms with E-state index in [2.05, 4.69) is 36.8 Å². The van der Waals surface area contributed by atoms with Crippen LogP contribution in [0.2, 0.25) is 0 Å². The Labute approximate surface area is 141 Å². The smallest absolute Gasteiger partial charge is 0.103 e. The molecule has 1 aromatic rings. The summed E-state index contributed by atoms with van der Waals surface area (Å²) in [5, 5.41) is 18.6. The second kappa shape index (κ2) is 7.75. The molecule has 1 heterocycles. The van der Waals surface area contributed by atoms with Crippen LogP contribution < -0.4 is 5.73 Å². The first-order chi connectivity index (χ1) is 10.9. The van der Waals surface area contributed by atoms with Crippen LogP contribution >= 0.6 is 11.8 Å². The maximum atomic E-state index is 9.34. The topological polar surface area (TPSA) is 82.8 Å². The number of benzene rings is 1. The van der Waals surface area contributed by atoms with E-state index in [-0.39, 0.29) is 5.60 Å². The van der Waals surface area contributed by atoms with Crippen LogP contribution in [-0.2, 0) is 17.8 Å². The third-order valence-corrected chi connectivity index (χ3v) is 4.33. The average molecular weight is 325 g/mol. The minimum Gasteiger partial charge on any atom is -0.397 e. The van der Waals surface area contributed by atoms with Crippen LogP contribution in [-0.4, -0.2) is 11.9 Å². The molecule has 23 heavy (non-hydrogen) atoms. The summed E-state index contributed by atoms with van der Waals surface area (Å²) in [6, 6.07) is 4.25. The molecule has 0 radical (unpaired) electrons. The number of nitrogens with two attached hydrogens (primary N) is 1. The largest absolute Gasteiger partial charge is 0.397 e. The Morgan fingerprint density at radius 3 is 2.13 bits per heavy atom.